The second-order valence-electron chi connectivity index (χ2n) is 7.19. The lowest BCUT2D eigenvalue weighted by molar-refractivity contribution is 0.206. The highest BCUT2D eigenvalue weighted by Gasteiger charge is 2.29. The molecule has 1 unspecified atom stereocenters. The van der Waals surface area contributed by atoms with E-state index in [1.807, 2.05) is 19.1 Å². The Morgan fingerprint density at radius 1 is 1.28 bits per heavy atom. The number of hydrogen-bond acceptors (Lipinski definition) is 5. The molecule has 2 heterocycles. The van der Waals surface area contributed by atoms with Gasteiger partial charge in [0, 0.05) is 12.6 Å². The first kappa shape index (κ1) is 17.8. The molecule has 0 amide bonds. The van der Waals surface area contributed by atoms with E-state index in [0.717, 1.165) is 42.5 Å². The molecule has 0 bridgehead atoms. The molecule has 0 radical (unpaired) electrons. The summed E-state index contributed by atoms with van der Waals surface area (Å²) in [6.45, 7) is 8.87. The van der Waals surface area contributed by atoms with Crippen LogP contribution in [0.4, 0.5) is 0 Å². The Labute approximate surface area is 149 Å². The number of rotatable bonds is 7. The van der Waals surface area contributed by atoms with Crippen molar-refractivity contribution in [3.8, 4) is 11.5 Å². The highest BCUT2D eigenvalue weighted by atomic mass is 16.5. The van der Waals surface area contributed by atoms with E-state index in [4.69, 9.17) is 14.0 Å². The lowest BCUT2D eigenvalue weighted by atomic mass is 10.1. The van der Waals surface area contributed by atoms with Crippen molar-refractivity contribution < 1.29 is 14.0 Å². The number of aryl methyl sites for hydroxylation is 1. The molecule has 1 atom stereocenters. The van der Waals surface area contributed by atoms with E-state index in [1.54, 1.807) is 7.11 Å². The van der Waals surface area contributed by atoms with Crippen LogP contribution < -0.4 is 9.47 Å². The van der Waals surface area contributed by atoms with Gasteiger partial charge in [-0.15, -0.1) is 0 Å². The van der Waals surface area contributed by atoms with E-state index in [1.165, 1.54) is 12.0 Å². The van der Waals surface area contributed by atoms with Gasteiger partial charge in [0.1, 0.15) is 0 Å². The molecule has 5 nitrogen and oxygen atoms in total. The van der Waals surface area contributed by atoms with Crippen LogP contribution in [-0.2, 0) is 6.54 Å². The van der Waals surface area contributed by atoms with Gasteiger partial charge in [-0.05, 0) is 49.9 Å². The fraction of sp³-hybridized carbons (Fsp3) is 0.550. The van der Waals surface area contributed by atoms with Crippen molar-refractivity contribution in [3.05, 3.63) is 41.3 Å². The van der Waals surface area contributed by atoms with Crippen LogP contribution in [0.2, 0.25) is 0 Å². The summed E-state index contributed by atoms with van der Waals surface area (Å²) in [5.74, 6) is 3.06. The van der Waals surface area contributed by atoms with Gasteiger partial charge in [0.05, 0.1) is 25.5 Å². The van der Waals surface area contributed by atoms with E-state index < -0.39 is 0 Å². The maximum atomic E-state index is 5.85. The van der Waals surface area contributed by atoms with Gasteiger partial charge in [-0.1, -0.05) is 25.1 Å². The van der Waals surface area contributed by atoms with Crippen molar-refractivity contribution in [2.45, 2.75) is 46.2 Å². The number of likely N-dealkylation sites (tertiary alicyclic amines) is 1. The van der Waals surface area contributed by atoms with Crippen molar-refractivity contribution in [2.75, 3.05) is 20.3 Å². The fourth-order valence-corrected chi connectivity index (χ4v) is 3.30. The lowest BCUT2D eigenvalue weighted by Crippen LogP contribution is -2.22. The lowest BCUT2D eigenvalue weighted by Gasteiger charge is -2.23. The highest BCUT2D eigenvalue weighted by Crippen LogP contribution is 2.35. The number of nitrogens with zero attached hydrogens (tertiary/aromatic N) is 2. The van der Waals surface area contributed by atoms with E-state index in [-0.39, 0.29) is 0 Å². The molecule has 25 heavy (non-hydrogen) atoms. The van der Waals surface area contributed by atoms with Crippen LogP contribution in [-0.4, -0.2) is 30.3 Å². The molecule has 136 valence electrons. The van der Waals surface area contributed by atoms with Crippen LogP contribution in [0.3, 0.4) is 0 Å². The molecular formula is C20H28N2O3. The Morgan fingerprint density at radius 3 is 2.80 bits per heavy atom. The van der Waals surface area contributed by atoms with Crippen LogP contribution in [0, 0.1) is 12.8 Å². The maximum Gasteiger partial charge on any atom is 0.161 e. The predicted octanol–water partition coefficient (Wildman–Crippen LogP) is 4.36. The molecule has 3 rings (SSSR count). The molecule has 1 aromatic heterocycles. The zero-order valence-corrected chi connectivity index (χ0v) is 15.6. The van der Waals surface area contributed by atoms with Crippen molar-refractivity contribution in [1.29, 1.82) is 0 Å². The van der Waals surface area contributed by atoms with Crippen LogP contribution in [0.25, 0.3) is 0 Å². The minimum Gasteiger partial charge on any atom is -0.493 e. The van der Waals surface area contributed by atoms with Gasteiger partial charge in [-0.3, -0.25) is 4.90 Å². The van der Waals surface area contributed by atoms with E-state index in [0.29, 0.717) is 18.6 Å². The van der Waals surface area contributed by atoms with Gasteiger partial charge in [-0.2, -0.15) is 0 Å². The molecule has 0 aliphatic carbocycles. The van der Waals surface area contributed by atoms with Crippen molar-refractivity contribution in [1.82, 2.24) is 10.1 Å². The minimum absolute atomic E-state index is 0.309. The maximum absolute atomic E-state index is 5.85. The van der Waals surface area contributed by atoms with E-state index in [2.05, 4.69) is 36.0 Å². The minimum atomic E-state index is 0.309. The van der Waals surface area contributed by atoms with Crippen LogP contribution >= 0.6 is 0 Å². The second kappa shape index (κ2) is 7.91. The first-order chi connectivity index (χ1) is 12.1. The van der Waals surface area contributed by atoms with Crippen LogP contribution in [0.5, 0.6) is 11.5 Å². The van der Waals surface area contributed by atoms with Gasteiger partial charge in [-0.25, -0.2) is 0 Å². The first-order valence-corrected chi connectivity index (χ1v) is 9.03. The number of benzene rings is 1. The summed E-state index contributed by atoms with van der Waals surface area (Å²) in [5, 5.41) is 4.04. The number of ether oxygens (including phenoxy) is 2. The molecule has 1 saturated heterocycles. The van der Waals surface area contributed by atoms with Gasteiger partial charge in [0.15, 0.2) is 17.3 Å². The summed E-state index contributed by atoms with van der Waals surface area (Å²) in [6.07, 6.45) is 2.29. The standard InChI is InChI=1S/C20H28N2O3/c1-14(2)13-24-18-8-7-16(11-20(18)23-4)12-22-9-5-6-17(22)19-10-15(3)21-25-19/h7-8,10-11,14,17H,5-6,9,12-13H2,1-4H3. The number of methoxy groups -OCH3 is 1. The summed E-state index contributed by atoms with van der Waals surface area (Å²) in [7, 11) is 1.69. The Balaban J connectivity index is 1.71. The molecule has 2 aromatic rings. The van der Waals surface area contributed by atoms with Gasteiger partial charge >= 0.3 is 0 Å². The predicted molar refractivity (Wildman–Crippen MR) is 97.0 cm³/mol. The highest BCUT2D eigenvalue weighted by molar-refractivity contribution is 5.43. The Bertz CT molecular complexity index is 696. The molecule has 1 fully saturated rings. The summed E-state index contributed by atoms with van der Waals surface area (Å²) >= 11 is 0. The SMILES string of the molecule is COc1cc(CN2CCCC2c2cc(C)no2)ccc1OCC(C)C. The van der Waals surface area contributed by atoms with Crippen LogP contribution in [0.1, 0.15) is 49.7 Å². The molecule has 1 aliphatic heterocycles. The summed E-state index contributed by atoms with van der Waals surface area (Å²) in [6, 6.07) is 8.58. The van der Waals surface area contributed by atoms with Crippen molar-refractivity contribution in [3.63, 3.8) is 0 Å². The largest absolute Gasteiger partial charge is 0.493 e. The molecule has 0 spiro atoms. The molecule has 1 aliphatic rings. The third kappa shape index (κ3) is 4.34. The molecule has 0 saturated carbocycles. The molecule has 1 aromatic carbocycles. The smallest absolute Gasteiger partial charge is 0.161 e. The zero-order chi connectivity index (χ0) is 17.8. The summed E-state index contributed by atoms with van der Waals surface area (Å²) in [4.78, 5) is 2.45. The topological polar surface area (TPSA) is 47.7 Å². The molecular weight excluding hydrogens is 316 g/mol. The van der Waals surface area contributed by atoms with Crippen molar-refractivity contribution >= 4 is 0 Å². The fourth-order valence-electron chi connectivity index (χ4n) is 3.30. The number of hydrogen-bond donors (Lipinski definition) is 0. The summed E-state index contributed by atoms with van der Waals surface area (Å²) in [5.41, 5.74) is 2.16. The van der Waals surface area contributed by atoms with Gasteiger partial charge < -0.3 is 14.0 Å². The van der Waals surface area contributed by atoms with Gasteiger partial charge in [0.2, 0.25) is 0 Å². The third-order valence-electron chi connectivity index (χ3n) is 4.52. The average molecular weight is 344 g/mol. The van der Waals surface area contributed by atoms with Crippen LogP contribution in [0.15, 0.2) is 28.8 Å². The Hall–Kier alpha value is -2.01. The van der Waals surface area contributed by atoms with E-state index >= 15 is 0 Å². The van der Waals surface area contributed by atoms with E-state index in [9.17, 15) is 0 Å². The quantitative estimate of drug-likeness (QED) is 0.747. The Kier molecular flexibility index (Phi) is 5.63. The Morgan fingerprint density at radius 2 is 2.12 bits per heavy atom. The monoisotopic (exact) mass is 344 g/mol. The zero-order valence-electron chi connectivity index (χ0n) is 15.6. The summed E-state index contributed by atoms with van der Waals surface area (Å²) < 4.78 is 16.9. The normalized spacial score (nSPS) is 18.0. The molecule has 0 N–H and O–H groups in total. The van der Waals surface area contributed by atoms with Gasteiger partial charge in [0.25, 0.3) is 0 Å². The average Bonchev–Trinajstić information content (AvgIpc) is 3.22. The first-order valence-electron chi connectivity index (χ1n) is 9.03. The molecule has 5 heteroatoms. The van der Waals surface area contributed by atoms with Crippen molar-refractivity contribution in [2.24, 2.45) is 5.92 Å². The second-order valence-corrected chi connectivity index (χ2v) is 7.19. The third-order valence-corrected chi connectivity index (χ3v) is 4.52. The number of aromatic nitrogens is 1.